The molecule has 2 amide bonds. The van der Waals surface area contributed by atoms with Gasteiger partial charge in [-0.25, -0.2) is 14.7 Å². The van der Waals surface area contributed by atoms with Crippen LogP contribution in [0.15, 0.2) is 41.6 Å². The molecule has 0 radical (unpaired) electrons. The van der Waals surface area contributed by atoms with E-state index in [0.29, 0.717) is 0 Å². The van der Waals surface area contributed by atoms with E-state index in [4.69, 9.17) is 11.6 Å². The SMILES string of the molecule is O=C(O)c1cccnc1S[C@@H]1CC(=O)N(c2ccc(Cl)cc2[N+](=O)[O-])C1=O. The van der Waals surface area contributed by atoms with Crippen molar-refractivity contribution in [2.24, 2.45) is 0 Å². The molecule has 0 spiro atoms. The lowest BCUT2D eigenvalue weighted by molar-refractivity contribution is -0.384. The average Bonchev–Trinajstić information content (AvgIpc) is 2.89. The summed E-state index contributed by atoms with van der Waals surface area (Å²) in [4.78, 5) is 51.6. The molecular weight excluding hydrogens is 398 g/mol. The summed E-state index contributed by atoms with van der Waals surface area (Å²) >= 11 is 6.60. The number of hydrogen-bond donors (Lipinski definition) is 1. The molecule has 138 valence electrons. The van der Waals surface area contributed by atoms with E-state index in [1.807, 2.05) is 0 Å². The predicted octanol–water partition coefficient (Wildman–Crippen LogP) is 2.77. The molecule has 27 heavy (non-hydrogen) atoms. The average molecular weight is 408 g/mol. The van der Waals surface area contributed by atoms with Gasteiger partial charge in [-0.2, -0.15) is 0 Å². The minimum atomic E-state index is -1.22. The Kier molecular flexibility index (Phi) is 5.10. The number of imide groups is 1. The van der Waals surface area contributed by atoms with Crippen LogP contribution in [0.1, 0.15) is 16.8 Å². The Balaban J connectivity index is 1.93. The first-order valence-electron chi connectivity index (χ1n) is 7.45. The van der Waals surface area contributed by atoms with Gasteiger partial charge in [0.25, 0.3) is 5.69 Å². The van der Waals surface area contributed by atoms with E-state index in [9.17, 15) is 29.6 Å². The summed E-state index contributed by atoms with van der Waals surface area (Å²) in [5.41, 5.74) is -0.750. The van der Waals surface area contributed by atoms with Crippen molar-refractivity contribution in [1.29, 1.82) is 0 Å². The third kappa shape index (κ3) is 3.62. The number of carbonyl (C=O) groups excluding carboxylic acids is 2. The molecule has 1 fully saturated rings. The van der Waals surface area contributed by atoms with Gasteiger partial charge in [-0.15, -0.1) is 0 Å². The number of carboxylic acid groups (broad SMARTS) is 1. The van der Waals surface area contributed by atoms with Crippen LogP contribution in [0.4, 0.5) is 11.4 Å². The van der Waals surface area contributed by atoms with Crippen LogP contribution >= 0.6 is 23.4 Å². The fourth-order valence-electron chi connectivity index (χ4n) is 2.56. The number of carbonyl (C=O) groups is 3. The molecule has 1 aliphatic heterocycles. The van der Waals surface area contributed by atoms with Gasteiger partial charge in [0.1, 0.15) is 10.7 Å². The highest BCUT2D eigenvalue weighted by Crippen LogP contribution is 2.38. The summed E-state index contributed by atoms with van der Waals surface area (Å²) in [5, 5.41) is 19.7. The number of benzene rings is 1. The first-order chi connectivity index (χ1) is 12.8. The Hall–Kier alpha value is -2.98. The number of nitro groups is 1. The Morgan fingerprint density at radius 1 is 1.37 bits per heavy atom. The van der Waals surface area contributed by atoms with Crippen LogP contribution in [-0.4, -0.2) is 38.0 Å². The Bertz CT molecular complexity index is 982. The minimum absolute atomic E-state index is 0.0867. The second-order valence-electron chi connectivity index (χ2n) is 5.43. The van der Waals surface area contributed by atoms with Crippen molar-refractivity contribution < 1.29 is 24.4 Å². The van der Waals surface area contributed by atoms with E-state index < -0.39 is 33.6 Å². The van der Waals surface area contributed by atoms with Crippen LogP contribution in [0.3, 0.4) is 0 Å². The van der Waals surface area contributed by atoms with E-state index in [1.165, 1.54) is 30.5 Å². The highest BCUT2D eigenvalue weighted by Gasteiger charge is 2.43. The topological polar surface area (TPSA) is 131 Å². The monoisotopic (exact) mass is 407 g/mol. The number of nitrogens with zero attached hydrogens (tertiary/aromatic N) is 3. The molecule has 1 aliphatic rings. The summed E-state index contributed by atoms with van der Waals surface area (Å²) in [6, 6.07) is 6.40. The Morgan fingerprint density at radius 2 is 2.11 bits per heavy atom. The molecule has 0 bridgehead atoms. The van der Waals surface area contributed by atoms with Crippen LogP contribution in [0.25, 0.3) is 0 Å². The number of thioether (sulfide) groups is 1. The van der Waals surface area contributed by atoms with Gasteiger partial charge in [-0.3, -0.25) is 19.7 Å². The quantitative estimate of drug-likeness (QED) is 0.454. The van der Waals surface area contributed by atoms with Crippen LogP contribution in [0, 0.1) is 10.1 Å². The zero-order chi connectivity index (χ0) is 19.7. The Labute approximate surface area is 161 Å². The zero-order valence-electron chi connectivity index (χ0n) is 13.4. The lowest BCUT2D eigenvalue weighted by Crippen LogP contribution is -2.31. The first kappa shape index (κ1) is 18.8. The maximum Gasteiger partial charge on any atom is 0.338 e. The molecule has 1 N–H and O–H groups in total. The number of nitro benzene ring substituents is 1. The lowest BCUT2D eigenvalue weighted by Gasteiger charge is -2.15. The summed E-state index contributed by atoms with van der Waals surface area (Å²) in [6.45, 7) is 0. The Morgan fingerprint density at radius 3 is 2.78 bits per heavy atom. The molecule has 2 aromatic rings. The number of amides is 2. The van der Waals surface area contributed by atoms with Crippen LogP contribution < -0.4 is 4.90 Å². The largest absolute Gasteiger partial charge is 0.478 e. The van der Waals surface area contributed by atoms with E-state index >= 15 is 0 Å². The van der Waals surface area contributed by atoms with Gasteiger partial charge in [0, 0.05) is 23.7 Å². The van der Waals surface area contributed by atoms with Gasteiger partial charge >= 0.3 is 5.97 Å². The number of halogens is 1. The molecule has 0 aliphatic carbocycles. The highest BCUT2D eigenvalue weighted by atomic mass is 35.5. The normalized spacial score (nSPS) is 16.6. The molecule has 9 nitrogen and oxygen atoms in total. The van der Waals surface area contributed by atoms with Gasteiger partial charge in [0.05, 0.1) is 15.7 Å². The van der Waals surface area contributed by atoms with E-state index in [1.54, 1.807) is 0 Å². The number of carboxylic acids is 1. The molecule has 2 heterocycles. The van der Waals surface area contributed by atoms with Crippen LogP contribution in [-0.2, 0) is 9.59 Å². The van der Waals surface area contributed by atoms with Crippen molar-refractivity contribution in [3.63, 3.8) is 0 Å². The zero-order valence-corrected chi connectivity index (χ0v) is 14.9. The van der Waals surface area contributed by atoms with Gasteiger partial charge in [-0.1, -0.05) is 23.4 Å². The fourth-order valence-corrected chi connectivity index (χ4v) is 3.84. The number of hydrogen-bond acceptors (Lipinski definition) is 7. The van der Waals surface area contributed by atoms with Crippen molar-refractivity contribution in [1.82, 2.24) is 4.98 Å². The first-order valence-corrected chi connectivity index (χ1v) is 8.71. The summed E-state index contributed by atoms with van der Waals surface area (Å²) in [5.74, 6) is -2.53. The van der Waals surface area contributed by atoms with Gasteiger partial charge in [0.2, 0.25) is 11.8 Å². The van der Waals surface area contributed by atoms with Crippen LogP contribution in [0.2, 0.25) is 5.02 Å². The number of rotatable bonds is 5. The molecule has 11 heteroatoms. The molecule has 3 rings (SSSR count). The molecule has 1 saturated heterocycles. The number of anilines is 1. The lowest BCUT2D eigenvalue weighted by atomic mass is 10.2. The molecule has 0 unspecified atom stereocenters. The van der Waals surface area contributed by atoms with Gasteiger partial charge in [0.15, 0.2) is 0 Å². The van der Waals surface area contributed by atoms with Crippen molar-refractivity contribution in [3.05, 3.63) is 57.2 Å². The molecule has 1 aromatic carbocycles. The maximum atomic E-state index is 12.7. The third-order valence-corrected chi connectivity index (χ3v) is 5.17. The molecule has 1 atom stereocenters. The van der Waals surface area contributed by atoms with Gasteiger partial charge < -0.3 is 5.11 Å². The number of aromatic carboxylic acids is 1. The highest BCUT2D eigenvalue weighted by molar-refractivity contribution is 8.00. The molecule has 0 saturated carbocycles. The summed E-state index contributed by atoms with van der Waals surface area (Å²) in [7, 11) is 0. The predicted molar refractivity (Wildman–Crippen MR) is 96.1 cm³/mol. The summed E-state index contributed by atoms with van der Waals surface area (Å²) < 4.78 is 0. The third-order valence-electron chi connectivity index (χ3n) is 3.74. The minimum Gasteiger partial charge on any atom is -0.478 e. The fraction of sp³-hybridized carbons (Fsp3) is 0.125. The van der Waals surface area contributed by atoms with E-state index in [0.717, 1.165) is 22.7 Å². The number of pyridine rings is 1. The van der Waals surface area contributed by atoms with Crippen molar-refractivity contribution in [2.45, 2.75) is 16.7 Å². The van der Waals surface area contributed by atoms with Crippen molar-refractivity contribution >= 4 is 52.5 Å². The summed E-state index contributed by atoms with van der Waals surface area (Å²) in [6.07, 6.45) is 1.14. The van der Waals surface area contributed by atoms with Crippen molar-refractivity contribution in [3.8, 4) is 0 Å². The second kappa shape index (κ2) is 7.33. The second-order valence-corrected chi connectivity index (χ2v) is 7.06. The standard InChI is InChI=1S/C16H10ClN3O6S/c17-8-3-4-10(11(6-8)20(25)26)19-13(21)7-12(15(19)22)27-14-9(16(23)24)2-1-5-18-14/h1-6,12H,7H2,(H,23,24)/t12-/m1/s1. The molecule has 1 aromatic heterocycles. The van der Waals surface area contributed by atoms with E-state index in [-0.39, 0.29) is 27.7 Å². The number of aromatic nitrogens is 1. The maximum absolute atomic E-state index is 12.7. The smallest absolute Gasteiger partial charge is 0.338 e. The van der Waals surface area contributed by atoms with Crippen molar-refractivity contribution in [2.75, 3.05) is 4.90 Å². The van der Waals surface area contributed by atoms with Gasteiger partial charge in [-0.05, 0) is 24.3 Å². The van der Waals surface area contributed by atoms with Crippen LogP contribution in [0.5, 0.6) is 0 Å². The molecular formula is C16H10ClN3O6S. The van der Waals surface area contributed by atoms with E-state index in [2.05, 4.69) is 4.98 Å².